The average molecular weight is 272 g/mol. The van der Waals surface area contributed by atoms with Gasteiger partial charge in [-0.3, -0.25) is 0 Å². The molecule has 0 atom stereocenters. The Bertz CT molecular complexity index is 588. The zero-order valence-electron chi connectivity index (χ0n) is 11.3. The van der Waals surface area contributed by atoms with Crippen molar-refractivity contribution in [3.05, 3.63) is 59.2 Å². The summed E-state index contributed by atoms with van der Waals surface area (Å²) in [5.41, 5.74) is 2.81. The molecule has 2 aromatic carbocycles. The summed E-state index contributed by atoms with van der Waals surface area (Å²) in [6, 6.07) is 14.1. The van der Waals surface area contributed by atoms with E-state index in [1.807, 2.05) is 25.1 Å². The molecule has 0 bridgehead atoms. The maximum atomic E-state index is 11.9. The predicted molar refractivity (Wildman–Crippen MR) is 77.8 cm³/mol. The summed E-state index contributed by atoms with van der Waals surface area (Å²) < 4.78 is 4.86. The minimum atomic E-state index is -0.285. The van der Waals surface area contributed by atoms with Gasteiger partial charge in [-0.1, -0.05) is 41.6 Å². The summed E-state index contributed by atoms with van der Waals surface area (Å²) in [5, 5.41) is 0. The van der Waals surface area contributed by atoms with E-state index in [0.29, 0.717) is 5.56 Å². The van der Waals surface area contributed by atoms with Crippen LogP contribution in [0.15, 0.2) is 52.3 Å². The molecule has 0 heterocycles. The number of aryl methyl sites for hydroxylation is 2. The number of rotatable bonds is 3. The first-order valence-electron chi connectivity index (χ1n) is 6.04. The van der Waals surface area contributed by atoms with Gasteiger partial charge in [0.15, 0.2) is 0 Å². The lowest BCUT2D eigenvalue weighted by Crippen LogP contribution is -2.05. The van der Waals surface area contributed by atoms with Crippen molar-refractivity contribution in [2.24, 2.45) is 0 Å². The monoisotopic (exact) mass is 272 g/mol. The first-order valence-corrected chi connectivity index (χ1v) is 6.86. The molecule has 0 aliphatic rings. The molecule has 0 radical (unpaired) electrons. The Balaban J connectivity index is 2.37. The Morgan fingerprint density at radius 2 is 1.74 bits per heavy atom. The van der Waals surface area contributed by atoms with Crippen molar-refractivity contribution in [3.8, 4) is 0 Å². The van der Waals surface area contributed by atoms with Crippen molar-refractivity contribution in [1.82, 2.24) is 0 Å². The summed E-state index contributed by atoms with van der Waals surface area (Å²) >= 11 is 1.58. The topological polar surface area (TPSA) is 26.3 Å². The number of ether oxygens (including phenoxy) is 1. The van der Waals surface area contributed by atoms with Gasteiger partial charge in [0.1, 0.15) is 0 Å². The van der Waals surface area contributed by atoms with Gasteiger partial charge in [0.05, 0.1) is 12.7 Å². The third-order valence-corrected chi connectivity index (χ3v) is 3.94. The number of esters is 1. The second-order valence-corrected chi connectivity index (χ2v) is 5.47. The van der Waals surface area contributed by atoms with Gasteiger partial charge >= 0.3 is 5.97 Å². The van der Waals surface area contributed by atoms with Gasteiger partial charge in [-0.15, -0.1) is 0 Å². The Kier molecular flexibility index (Phi) is 4.27. The first kappa shape index (κ1) is 13.7. The van der Waals surface area contributed by atoms with E-state index < -0.39 is 0 Å². The molecule has 0 aromatic heterocycles. The van der Waals surface area contributed by atoms with E-state index in [9.17, 15) is 4.79 Å². The molecule has 3 heteroatoms. The Morgan fingerprint density at radius 1 is 1.05 bits per heavy atom. The lowest BCUT2D eigenvalue weighted by atomic mass is 10.1. The summed E-state index contributed by atoms with van der Waals surface area (Å²) in [7, 11) is 1.41. The number of hydrogen-bond acceptors (Lipinski definition) is 3. The number of carbonyl (C=O) groups is 1. The second-order valence-electron chi connectivity index (χ2n) is 4.35. The predicted octanol–water partition coefficient (Wildman–Crippen LogP) is 4.24. The van der Waals surface area contributed by atoms with Gasteiger partial charge in [0.2, 0.25) is 0 Å². The third-order valence-electron chi connectivity index (χ3n) is 2.87. The molecule has 2 aromatic rings. The Hall–Kier alpha value is -1.74. The quantitative estimate of drug-likeness (QED) is 0.782. The van der Waals surface area contributed by atoms with Crippen molar-refractivity contribution in [2.45, 2.75) is 23.6 Å². The molecule has 0 spiro atoms. The van der Waals surface area contributed by atoms with Crippen LogP contribution in [-0.4, -0.2) is 13.1 Å². The van der Waals surface area contributed by atoms with Crippen LogP contribution in [0.1, 0.15) is 21.5 Å². The van der Waals surface area contributed by atoms with E-state index in [0.717, 1.165) is 15.4 Å². The van der Waals surface area contributed by atoms with Gasteiger partial charge < -0.3 is 4.74 Å². The number of carbonyl (C=O) groups excluding carboxylic acids is 1. The molecule has 98 valence electrons. The van der Waals surface area contributed by atoms with Crippen LogP contribution < -0.4 is 0 Å². The zero-order valence-corrected chi connectivity index (χ0v) is 12.1. The second kappa shape index (κ2) is 5.93. The minimum absolute atomic E-state index is 0.285. The van der Waals surface area contributed by atoms with Crippen molar-refractivity contribution >= 4 is 17.7 Å². The highest BCUT2D eigenvalue weighted by molar-refractivity contribution is 7.99. The fourth-order valence-electron chi connectivity index (χ4n) is 1.82. The summed E-state index contributed by atoms with van der Waals surface area (Å²) in [5.74, 6) is -0.285. The fourth-order valence-corrected chi connectivity index (χ4v) is 2.84. The third kappa shape index (κ3) is 3.18. The SMILES string of the molecule is COC(=O)c1c(C)cccc1Sc1ccc(C)cc1. The zero-order chi connectivity index (χ0) is 13.8. The van der Waals surface area contributed by atoms with Crippen LogP contribution in [0, 0.1) is 13.8 Å². The molecule has 0 fully saturated rings. The molecule has 19 heavy (non-hydrogen) atoms. The Morgan fingerprint density at radius 3 is 2.37 bits per heavy atom. The maximum Gasteiger partial charge on any atom is 0.339 e. The maximum absolute atomic E-state index is 11.9. The minimum Gasteiger partial charge on any atom is -0.465 e. The van der Waals surface area contributed by atoms with E-state index >= 15 is 0 Å². The lowest BCUT2D eigenvalue weighted by Gasteiger charge is -2.10. The van der Waals surface area contributed by atoms with Crippen molar-refractivity contribution < 1.29 is 9.53 Å². The van der Waals surface area contributed by atoms with Crippen LogP contribution in [0.3, 0.4) is 0 Å². The smallest absolute Gasteiger partial charge is 0.339 e. The van der Waals surface area contributed by atoms with Gasteiger partial charge in [-0.2, -0.15) is 0 Å². The molecule has 0 saturated carbocycles. The first-order chi connectivity index (χ1) is 9.11. The molecule has 0 amide bonds. The average Bonchev–Trinajstić information content (AvgIpc) is 2.41. The van der Waals surface area contributed by atoms with E-state index in [2.05, 4.69) is 31.2 Å². The lowest BCUT2D eigenvalue weighted by molar-refractivity contribution is 0.0596. The normalized spacial score (nSPS) is 10.3. The largest absolute Gasteiger partial charge is 0.465 e. The van der Waals surface area contributed by atoms with Crippen LogP contribution in [0.2, 0.25) is 0 Å². The van der Waals surface area contributed by atoms with Crippen molar-refractivity contribution in [3.63, 3.8) is 0 Å². The molecular weight excluding hydrogens is 256 g/mol. The Labute approximate surface area is 117 Å². The number of hydrogen-bond donors (Lipinski definition) is 0. The van der Waals surface area contributed by atoms with Crippen molar-refractivity contribution in [2.75, 3.05) is 7.11 Å². The molecule has 0 saturated heterocycles. The summed E-state index contributed by atoms with van der Waals surface area (Å²) in [6.45, 7) is 3.98. The van der Waals surface area contributed by atoms with Crippen LogP contribution in [0.5, 0.6) is 0 Å². The highest BCUT2D eigenvalue weighted by atomic mass is 32.2. The summed E-state index contributed by atoms with van der Waals surface area (Å²) in [4.78, 5) is 13.9. The van der Waals surface area contributed by atoms with E-state index in [1.54, 1.807) is 11.8 Å². The van der Waals surface area contributed by atoms with Crippen LogP contribution in [0.25, 0.3) is 0 Å². The van der Waals surface area contributed by atoms with Gasteiger partial charge in [0.25, 0.3) is 0 Å². The molecule has 0 aliphatic carbocycles. The van der Waals surface area contributed by atoms with Crippen molar-refractivity contribution in [1.29, 1.82) is 0 Å². The standard InChI is InChI=1S/C16H16O2S/c1-11-7-9-13(10-8-11)19-14-6-4-5-12(2)15(14)16(17)18-3/h4-10H,1-3H3. The van der Waals surface area contributed by atoms with Crippen LogP contribution in [0.4, 0.5) is 0 Å². The van der Waals surface area contributed by atoms with E-state index in [-0.39, 0.29) is 5.97 Å². The van der Waals surface area contributed by atoms with E-state index in [1.165, 1.54) is 12.7 Å². The molecule has 2 nitrogen and oxygen atoms in total. The highest BCUT2D eigenvalue weighted by Crippen LogP contribution is 2.32. The molecule has 0 aliphatic heterocycles. The fraction of sp³-hybridized carbons (Fsp3) is 0.188. The summed E-state index contributed by atoms with van der Waals surface area (Å²) in [6.07, 6.45) is 0. The number of methoxy groups -OCH3 is 1. The molecule has 2 rings (SSSR count). The number of benzene rings is 2. The van der Waals surface area contributed by atoms with Gasteiger partial charge in [0, 0.05) is 9.79 Å². The molecule has 0 unspecified atom stereocenters. The van der Waals surface area contributed by atoms with Gasteiger partial charge in [-0.25, -0.2) is 4.79 Å². The van der Waals surface area contributed by atoms with Crippen LogP contribution in [-0.2, 0) is 4.74 Å². The van der Waals surface area contributed by atoms with E-state index in [4.69, 9.17) is 4.74 Å². The molecular formula is C16H16O2S. The highest BCUT2D eigenvalue weighted by Gasteiger charge is 2.15. The molecule has 0 N–H and O–H groups in total. The van der Waals surface area contributed by atoms with Gasteiger partial charge in [-0.05, 0) is 37.6 Å². The van der Waals surface area contributed by atoms with Crippen LogP contribution >= 0.6 is 11.8 Å².